The van der Waals surface area contributed by atoms with E-state index in [2.05, 4.69) is 10.4 Å². The predicted octanol–water partition coefficient (Wildman–Crippen LogP) is 2.82. The van der Waals surface area contributed by atoms with Gasteiger partial charge in [-0.05, 0) is 30.4 Å². The molecule has 0 aliphatic heterocycles. The van der Waals surface area contributed by atoms with Crippen molar-refractivity contribution < 1.29 is 4.79 Å². The number of rotatable bonds is 3. The smallest absolute Gasteiger partial charge is 0.272 e. The van der Waals surface area contributed by atoms with Crippen molar-refractivity contribution in [3.05, 3.63) is 29.3 Å². The second kappa shape index (κ2) is 5.17. The van der Waals surface area contributed by atoms with Gasteiger partial charge in [-0.2, -0.15) is 5.10 Å². The molecule has 1 amide bonds. The molecule has 0 spiro atoms. The van der Waals surface area contributed by atoms with E-state index in [-0.39, 0.29) is 5.91 Å². The molecule has 0 radical (unpaired) electrons. The van der Waals surface area contributed by atoms with Crippen LogP contribution in [0.2, 0.25) is 0 Å². The third-order valence-electron chi connectivity index (χ3n) is 3.58. The molecule has 3 rings (SSSR count). The van der Waals surface area contributed by atoms with Crippen molar-refractivity contribution in [1.29, 1.82) is 0 Å². The number of hydrogen-bond acceptors (Lipinski definition) is 3. The summed E-state index contributed by atoms with van der Waals surface area (Å²) < 4.78 is 1.77. The monoisotopic (exact) mass is 275 g/mol. The SMILES string of the molecule is Cn1nc(C(=O)NC2CCCC2)cc1-c1cccs1. The topological polar surface area (TPSA) is 46.9 Å². The van der Waals surface area contributed by atoms with Gasteiger partial charge < -0.3 is 5.32 Å². The lowest BCUT2D eigenvalue weighted by Crippen LogP contribution is -2.32. The van der Waals surface area contributed by atoms with Crippen molar-refractivity contribution in [3.63, 3.8) is 0 Å². The summed E-state index contributed by atoms with van der Waals surface area (Å²) in [5, 5.41) is 9.42. The van der Waals surface area contributed by atoms with Crippen molar-refractivity contribution in [2.45, 2.75) is 31.7 Å². The number of carbonyl (C=O) groups is 1. The fourth-order valence-electron chi connectivity index (χ4n) is 2.56. The van der Waals surface area contributed by atoms with Crippen LogP contribution in [0.1, 0.15) is 36.2 Å². The summed E-state index contributed by atoms with van der Waals surface area (Å²) in [4.78, 5) is 13.3. The van der Waals surface area contributed by atoms with Gasteiger partial charge in [-0.3, -0.25) is 9.48 Å². The molecule has 1 saturated carbocycles. The standard InChI is InChI=1S/C14H17N3OS/c1-17-12(13-7-4-8-19-13)9-11(16-17)14(18)15-10-5-2-3-6-10/h4,7-10H,2-3,5-6H2,1H3,(H,15,18). The van der Waals surface area contributed by atoms with Gasteiger partial charge in [0, 0.05) is 13.1 Å². The molecule has 5 heteroatoms. The molecule has 0 bridgehead atoms. The first-order chi connectivity index (χ1) is 9.24. The highest BCUT2D eigenvalue weighted by molar-refractivity contribution is 7.13. The molecule has 4 nitrogen and oxygen atoms in total. The summed E-state index contributed by atoms with van der Waals surface area (Å²) in [6.45, 7) is 0. The molecular formula is C14H17N3OS. The zero-order valence-electron chi connectivity index (χ0n) is 10.9. The van der Waals surface area contributed by atoms with Crippen molar-refractivity contribution in [1.82, 2.24) is 15.1 Å². The summed E-state index contributed by atoms with van der Waals surface area (Å²) in [5.41, 5.74) is 1.50. The molecule has 1 fully saturated rings. The minimum absolute atomic E-state index is 0.0506. The van der Waals surface area contributed by atoms with Crippen molar-refractivity contribution in [2.24, 2.45) is 7.05 Å². The van der Waals surface area contributed by atoms with Gasteiger partial charge in [0.25, 0.3) is 5.91 Å². The van der Waals surface area contributed by atoms with Crippen LogP contribution in [0.5, 0.6) is 0 Å². The van der Waals surface area contributed by atoms with E-state index >= 15 is 0 Å². The molecule has 100 valence electrons. The highest BCUT2D eigenvalue weighted by Gasteiger charge is 2.20. The molecule has 0 saturated heterocycles. The summed E-state index contributed by atoms with van der Waals surface area (Å²) in [6.07, 6.45) is 4.62. The summed E-state index contributed by atoms with van der Waals surface area (Å²) >= 11 is 1.66. The number of nitrogens with one attached hydrogen (secondary N) is 1. The molecule has 2 aromatic rings. The number of carbonyl (C=O) groups excluding carboxylic acids is 1. The van der Waals surface area contributed by atoms with Crippen LogP contribution in [0, 0.1) is 0 Å². The van der Waals surface area contributed by atoms with E-state index in [0.717, 1.165) is 23.4 Å². The van der Waals surface area contributed by atoms with E-state index in [4.69, 9.17) is 0 Å². The van der Waals surface area contributed by atoms with E-state index in [1.165, 1.54) is 12.8 Å². The number of aryl methyl sites for hydroxylation is 1. The van der Waals surface area contributed by atoms with Crippen LogP contribution in [-0.2, 0) is 7.05 Å². The normalized spacial score (nSPS) is 15.8. The van der Waals surface area contributed by atoms with Crippen LogP contribution in [0.3, 0.4) is 0 Å². The number of aromatic nitrogens is 2. The third kappa shape index (κ3) is 2.56. The maximum absolute atomic E-state index is 12.2. The molecule has 2 aromatic heterocycles. The van der Waals surface area contributed by atoms with Gasteiger partial charge in [-0.25, -0.2) is 0 Å². The Morgan fingerprint density at radius 1 is 1.47 bits per heavy atom. The Balaban J connectivity index is 1.78. The predicted molar refractivity (Wildman–Crippen MR) is 76.2 cm³/mol. The molecule has 0 unspecified atom stereocenters. The lowest BCUT2D eigenvalue weighted by atomic mass is 10.2. The summed E-state index contributed by atoms with van der Waals surface area (Å²) in [7, 11) is 1.88. The Hall–Kier alpha value is -1.62. The fraction of sp³-hybridized carbons (Fsp3) is 0.429. The van der Waals surface area contributed by atoms with Crippen LogP contribution in [0.25, 0.3) is 10.6 Å². The second-order valence-electron chi connectivity index (χ2n) is 4.97. The van der Waals surface area contributed by atoms with E-state index in [0.29, 0.717) is 11.7 Å². The first-order valence-electron chi connectivity index (χ1n) is 6.63. The van der Waals surface area contributed by atoms with Crippen LogP contribution in [0.15, 0.2) is 23.6 Å². The van der Waals surface area contributed by atoms with Crippen LogP contribution in [0.4, 0.5) is 0 Å². The molecule has 1 aliphatic carbocycles. The lowest BCUT2D eigenvalue weighted by Gasteiger charge is -2.09. The van der Waals surface area contributed by atoms with Crippen LogP contribution in [-0.4, -0.2) is 21.7 Å². The Morgan fingerprint density at radius 2 is 2.26 bits per heavy atom. The molecular weight excluding hydrogens is 258 g/mol. The van der Waals surface area contributed by atoms with E-state index in [1.54, 1.807) is 16.0 Å². The zero-order chi connectivity index (χ0) is 13.2. The van der Waals surface area contributed by atoms with Crippen LogP contribution < -0.4 is 5.32 Å². The highest BCUT2D eigenvalue weighted by atomic mass is 32.1. The van der Waals surface area contributed by atoms with E-state index < -0.39 is 0 Å². The lowest BCUT2D eigenvalue weighted by molar-refractivity contribution is 0.0932. The van der Waals surface area contributed by atoms with Gasteiger partial charge >= 0.3 is 0 Å². The van der Waals surface area contributed by atoms with Gasteiger partial charge in [-0.15, -0.1) is 11.3 Å². The second-order valence-corrected chi connectivity index (χ2v) is 5.92. The Kier molecular flexibility index (Phi) is 3.38. The Labute approximate surface area is 116 Å². The molecule has 2 heterocycles. The van der Waals surface area contributed by atoms with Gasteiger partial charge in [0.15, 0.2) is 5.69 Å². The van der Waals surface area contributed by atoms with Gasteiger partial charge in [0.05, 0.1) is 10.6 Å². The minimum atomic E-state index is -0.0506. The maximum Gasteiger partial charge on any atom is 0.272 e. The number of hydrogen-bond donors (Lipinski definition) is 1. The van der Waals surface area contributed by atoms with E-state index in [1.807, 2.05) is 30.6 Å². The molecule has 1 aliphatic rings. The highest BCUT2D eigenvalue weighted by Crippen LogP contribution is 2.25. The fourth-order valence-corrected chi connectivity index (χ4v) is 3.34. The number of nitrogens with zero attached hydrogens (tertiary/aromatic N) is 2. The van der Waals surface area contributed by atoms with E-state index in [9.17, 15) is 4.79 Å². The average molecular weight is 275 g/mol. The molecule has 0 aromatic carbocycles. The van der Waals surface area contributed by atoms with Crippen LogP contribution >= 0.6 is 11.3 Å². The largest absolute Gasteiger partial charge is 0.348 e. The summed E-state index contributed by atoms with van der Waals surface area (Å²) in [6, 6.07) is 6.25. The number of thiophene rings is 1. The van der Waals surface area contributed by atoms with Gasteiger partial charge in [-0.1, -0.05) is 18.9 Å². The summed E-state index contributed by atoms with van der Waals surface area (Å²) in [5.74, 6) is -0.0506. The first kappa shape index (κ1) is 12.4. The molecule has 0 atom stereocenters. The van der Waals surface area contributed by atoms with Crippen molar-refractivity contribution in [2.75, 3.05) is 0 Å². The molecule has 19 heavy (non-hydrogen) atoms. The Morgan fingerprint density at radius 3 is 2.95 bits per heavy atom. The zero-order valence-corrected chi connectivity index (χ0v) is 11.7. The maximum atomic E-state index is 12.2. The minimum Gasteiger partial charge on any atom is -0.348 e. The Bertz CT molecular complexity index is 568. The third-order valence-corrected chi connectivity index (χ3v) is 4.47. The quantitative estimate of drug-likeness (QED) is 0.936. The van der Waals surface area contributed by atoms with Crippen molar-refractivity contribution >= 4 is 17.2 Å². The molecule has 1 N–H and O–H groups in total. The number of amides is 1. The first-order valence-corrected chi connectivity index (χ1v) is 7.51. The van der Waals surface area contributed by atoms with Crippen molar-refractivity contribution in [3.8, 4) is 10.6 Å². The van der Waals surface area contributed by atoms with Gasteiger partial charge in [0.1, 0.15) is 0 Å². The van der Waals surface area contributed by atoms with Gasteiger partial charge in [0.2, 0.25) is 0 Å². The average Bonchev–Trinajstić information content (AvgIpc) is 3.07.